The molecule has 0 unspecified atom stereocenters. The smallest absolute Gasteiger partial charge is 0.314 e. The van der Waals surface area contributed by atoms with Crippen LogP contribution >= 0.6 is 15.9 Å². The molecule has 138 valence electrons. The van der Waals surface area contributed by atoms with Crippen LogP contribution in [-0.4, -0.2) is 30.0 Å². The van der Waals surface area contributed by atoms with Gasteiger partial charge >= 0.3 is 11.9 Å². The van der Waals surface area contributed by atoms with Crippen LogP contribution in [0.15, 0.2) is 0 Å². The van der Waals surface area contributed by atoms with E-state index < -0.39 is 10.8 Å². The summed E-state index contributed by atoms with van der Waals surface area (Å²) in [6, 6.07) is 0. The van der Waals surface area contributed by atoms with Crippen molar-refractivity contribution in [1.29, 1.82) is 0 Å². The number of esters is 2. The second kappa shape index (κ2) is 3.79. The van der Waals surface area contributed by atoms with Gasteiger partial charge < -0.3 is 9.47 Å². The lowest BCUT2D eigenvalue weighted by molar-refractivity contribution is -0.232. The molecule has 1 heterocycles. The lowest BCUT2D eigenvalue weighted by Gasteiger charge is -2.60. The maximum atomic E-state index is 13.7. The first-order chi connectivity index (χ1) is 12.6. The molecular formula is C21H23BrO4. The average Bonchev–Trinajstić information content (AvgIpc) is 3.41. The predicted molar refractivity (Wildman–Crippen MR) is 92.8 cm³/mol. The van der Waals surface area contributed by atoms with Gasteiger partial charge in [0.25, 0.3) is 0 Å². The van der Waals surface area contributed by atoms with Crippen LogP contribution in [-0.2, 0) is 19.1 Å². The van der Waals surface area contributed by atoms with Crippen molar-refractivity contribution in [2.24, 2.45) is 70.0 Å². The normalized spacial score (nSPS) is 71.7. The number of hydrogen-bond acceptors (Lipinski definition) is 4. The summed E-state index contributed by atoms with van der Waals surface area (Å²) < 4.78 is 11.7. The molecule has 14 atom stereocenters. The van der Waals surface area contributed by atoms with Crippen molar-refractivity contribution in [3.05, 3.63) is 0 Å². The van der Waals surface area contributed by atoms with Crippen molar-refractivity contribution in [2.75, 3.05) is 7.11 Å². The first kappa shape index (κ1) is 14.4. The van der Waals surface area contributed by atoms with E-state index in [4.69, 9.17) is 9.47 Å². The zero-order valence-corrected chi connectivity index (χ0v) is 16.4. The van der Waals surface area contributed by atoms with Gasteiger partial charge in [-0.3, -0.25) is 9.59 Å². The summed E-state index contributed by atoms with van der Waals surface area (Å²) in [6.45, 7) is 0. The van der Waals surface area contributed by atoms with Crippen molar-refractivity contribution in [2.45, 2.75) is 36.6 Å². The van der Waals surface area contributed by atoms with E-state index in [-0.39, 0.29) is 18.0 Å². The molecule has 0 N–H and O–H groups in total. The largest absolute Gasteiger partial charge is 0.469 e. The molecule has 8 bridgehead atoms. The summed E-state index contributed by atoms with van der Waals surface area (Å²) in [5.41, 5.74) is -1.08. The summed E-state index contributed by atoms with van der Waals surface area (Å²) in [6.07, 6.45) is 4.71. The van der Waals surface area contributed by atoms with Crippen LogP contribution in [0.2, 0.25) is 0 Å². The Morgan fingerprint density at radius 1 is 1.00 bits per heavy atom. The van der Waals surface area contributed by atoms with Gasteiger partial charge in [0.05, 0.1) is 17.9 Å². The lowest BCUT2D eigenvalue weighted by atomic mass is 9.43. The quantitative estimate of drug-likeness (QED) is 0.485. The molecule has 4 nitrogen and oxygen atoms in total. The van der Waals surface area contributed by atoms with E-state index >= 15 is 0 Å². The maximum Gasteiger partial charge on any atom is 0.314 e. The van der Waals surface area contributed by atoms with Gasteiger partial charge in [-0.15, -0.1) is 0 Å². The van der Waals surface area contributed by atoms with Gasteiger partial charge in [0.1, 0.15) is 6.10 Å². The standard InChI is InChI=1S/C21H23BrO4/c1-25-18(23)20-15-7-3-5-9-11(7)17-13(15)12-14(21(17,20)19(24)26-9)6-2-4-8(22)10(6)16(12)20/h6-17H,2-5H2,1H3/t6-,7+,8-,9+,10+,11+,12-,13+,14-,15-,16-,17+,20-,21+/m0/s1. The van der Waals surface area contributed by atoms with E-state index in [2.05, 4.69) is 15.9 Å². The van der Waals surface area contributed by atoms with Crippen LogP contribution < -0.4 is 0 Å². The van der Waals surface area contributed by atoms with Gasteiger partial charge in [-0.25, -0.2) is 0 Å². The molecule has 1 saturated heterocycles. The summed E-state index contributed by atoms with van der Waals surface area (Å²) in [5.74, 6) is 5.01. The molecule has 26 heavy (non-hydrogen) atoms. The van der Waals surface area contributed by atoms with E-state index in [9.17, 15) is 9.59 Å². The molecule has 0 amide bonds. The molecule has 1 aliphatic heterocycles. The van der Waals surface area contributed by atoms with Crippen LogP contribution in [0, 0.1) is 70.0 Å². The number of hydrogen-bond donors (Lipinski definition) is 0. The van der Waals surface area contributed by atoms with Gasteiger partial charge in [-0.1, -0.05) is 15.9 Å². The molecule has 0 aromatic carbocycles. The SMILES string of the molecule is COC(=O)[C@]12[C@@H]3[C@H]4[C@H]5[C@H]6[C@@H]7[C@@H](CC[C@H]7OC(=O)[C@@]61[C@H]4[C@H]1CC[C@H](Br)[C@@H]13)[C@@H]52. The fraction of sp³-hybridized carbons (Fsp3) is 0.905. The fourth-order valence-corrected chi connectivity index (χ4v) is 12.8. The van der Waals surface area contributed by atoms with E-state index in [0.717, 1.165) is 12.8 Å². The Morgan fingerprint density at radius 3 is 2.54 bits per heavy atom. The molecule has 8 aliphatic carbocycles. The van der Waals surface area contributed by atoms with Crippen molar-refractivity contribution < 1.29 is 19.1 Å². The topological polar surface area (TPSA) is 52.6 Å². The highest BCUT2D eigenvalue weighted by Gasteiger charge is 3.02. The Balaban J connectivity index is 1.47. The fourth-order valence-electron chi connectivity index (χ4n) is 11.8. The van der Waals surface area contributed by atoms with Crippen molar-refractivity contribution >= 4 is 27.9 Å². The number of ether oxygens (including phenoxy) is 2. The van der Waals surface area contributed by atoms with Crippen LogP contribution in [0.25, 0.3) is 0 Å². The average molecular weight is 419 g/mol. The highest BCUT2D eigenvalue weighted by Crippen LogP contribution is 2.98. The van der Waals surface area contributed by atoms with Crippen molar-refractivity contribution in [1.82, 2.24) is 0 Å². The van der Waals surface area contributed by atoms with Gasteiger partial charge in [0, 0.05) is 10.7 Å². The second-order valence-corrected chi connectivity index (χ2v) is 11.8. The first-order valence-electron chi connectivity index (χ1n) is 10.5. The molecular weight excluding hydrogens is 396 g/mol. The first-order valence-corrected chi connectivity index (χ1v) is 11.5. The third-order valence-electron chi connectivity index (χ3n) is 11.2. The molecule has 8 saturated carbocycles. The molecule has 9 fully saturated rings. The minimum absolute atomic E-state index is 0.00784. The number of carbonyl (C=O) groups excluding carboxylic acids is 2. The van der Waals surface area contributed by atoms with Crippen LogP contribution in [0.1, 0.15) is 25.7 Å². The van der Waals surface area contributed by atoms with Crippen LogP contribution in [0.5, 0.6) is 0 Å². The van der Waals surface area contributed by atoms with Gasteiger partial charge in [-0.05, 0) is 78.9 Å². The zero-order valence-electron chi connectivity index (χ0n) is 14.8. The Labute approximate surface area is 160 Å². The zero-order chi connectivity index (χ0) is 17.3. The molecule has 0 radical (unpaired) electrons. The third-order valence-corrected chi connectivity index (χ3v) is 12.2. The van der Waals surface area contributed by atoms with Crippen LogP contribution in [0.3, 0.4) is 0 Å². The number of halogens is 1. The monoisotopic (exact) mass is 418 g/mol. The summed E-state index contributed by atoms with van der Waals surface area (Å²) in [7, 11) is 1.54. The van der Waals surface area contributed by atoms with Gasteiger partial charge in [0.15, 0.2) is 0 Å². The second-order valence-electron chi connectivity index (χ2n) is 10.6. The lowest BCUT2D eigenvalue weighted by Crippen LogP contribution is -2.68. The summed E-state index contributed by atoms with van der Waals surface area (Å²) >= 11 is 3.97. The Hall–Kier alpha value is -0.580. The molecule has 0 aromatic heterocycles. The minimum atomic E-state index is -0.558. The van der Waals surface area contributed by atoms with Crippen molar-refractivity contribution in [3.63, 3.8) is 0 Å². The van der Waals surface area contributed by atoms with E-state index in [1.165, 1.54) is 12.8 Å². The minimum Gasteiger partial charge on any atom is -0.469 e. The number of alkyl halides is 1. The maximum absolute atomic E-state index is 13.7. The van der Waals surface area contributed by atoms with Crippen LogP contribution in [0.4, 0.5) is 0 Å². The van der Waals surface area contributed by atoms with Crippen molar-refractivity contribution in [3.8, 4) is 0 Å². The highest BCUT2D eigenvalue weighted by atomic mass is 79.9. The number of rotatable bonds is 1. The van der Waals surface area contributed by atoms with E-state index in [1.54, 1.807) is 7.11 Å². The predicted octanol–water partition coefficient (Wildman–Crippen LogP) is 2.64. The Morgan fingerprint density at radius 2 is 1.73 bits per heavy atom. The number of carbonyl (C=O) groups is 2. The molecule has 9 rings (SSSR count). The van der Waals surface area contributed by atoms with E-state index in [0.29, 0.717) is 64.0 Å². The molecule has 1 spiro atoms. The van der Waals surface area contributed by atoms with E-state index in [1.807, 2.05) is 0 Å². The summed E-state index contributed by atoms with van der Waals surface area (Å²) in [4.78, 5) is 27.8. The summed E-state index contributed by atoms with van der Waals surface area (Å²) in [5, 5.41) is 0. The van der Waals surface area contributed by atoms with Gasteiger partial charge in [0.2, 0.25) is 0 Å². The molecule has 0 aromatic rings. The Bertz CT molecular complexity index is 812. The number of methoxy groups -OCH3 is 1. The molecule has 9 aliphatic rings. The highest BCUT2D eigenvalue weighted by molar-refractivity contribution is 9.09. The molecule has 5 heteroatoms. The third kappa shape index (κ3) is 0.931. The Kier molecular flexibility index (Phi) is 2.10. The van der Waals surface area contributed by atoms with Gasteiger partial charge in [-0.2, -0.15) is 0 Å². The number of fused-ring (bicyclic) bond motifs is 1.